The van der Waals surface area contributed by atoms with E-state index in [4.69, 9.17) is 14.2 Å². The van der Waals surface area contributed by atoms with Crippen molar-refractivity contribution in [2.24, 2.45) is 0 Å². The van der Waals surface area contributed by atoms with Gasteiger partial charge in [-0.1, -0.05) is 18.2 Å². The Morgan fingerprint density at radius 1 is 0.966 bits per heavy atom. The highest BCUT2D eigenvalue weighted by Gasteiger charge is 2.20. The van der Waals surface area contributed by atoms with Crippen molar-refractivity contribution < 1.29 is 28.6 Å². The van der Waals surface area contributed by atoms with E-state index in [9.17, 15) is 14.4 Å². The Bertz CT molecular complexity index is 863. The summed E-state index contributed by atoms with van der Waals surface area (Å²) in [5.41, 5.74) is 1.20. The maximum atomic E-state index is 12.5. The van der Waals surface area contributed by atoms with Crippen LogP contribution in [0.15, 0.2) is 48.5 Å². The predicted molar refractivity (Wildman–Crippen MR) is 109 cm³/mol. The van der Waals surface area contributed by atoms with Gasteiger partial charge in [-0.3, -0.25) is 9.59 Å². The Morgan fingerprint density at radius 3 is 2.24 bits per heavy atom. The molecular weight excluding hydrogens is 374 g/mol. The zero-order chi connectivity index (χ0) is 21.4. The van der Waals surface area contributed by atoms with E-state index in [-0.39, 0.29) is 17.7 Å². The van der Waals surface area contributed by atoms with Gasteiger partial charge in [0.2, 0.25) is 0 Å². The summed E-state index contributed by atoms with van der Waals surface area (Å²) in [7, 11) is 1.44. The summed E-state index contributed by atoms with van der Waals surface area (Å²) in [5.74, 6) is -0.498. The number of carbonyl (C=O) groups is 3. The number of benzene rings is 2. The van der Waals surface area contributed by atoms with Crippen LogP contribution in [0, 0.1) is 0 Å². The summed E-state index contributed by atoms with van der Waals surface area (Å²) < 4.78 is 15.7. The van der Waals surface area contributed by atoms with E-state index in [1.165, 1.54) is 20.1 Å². The number of hydrogen-bond donors (Lipinski definition) is 0. The third kappa shape index (κ3) is 6.07. The van der Waals surface area contributed by atoms with Crippen LogP contribution in [0.2, 0.25) is 0 Å². The number of ether oxygens (including phenoxy) is 3. The number of Topliss-reactive ketones (excluding diaryl/α,β-unsaturated/α-hetero) is 1. The van der Waals surface area contributed by atoms with E-state index in [0.717, 1.165) is 5.69 Å². The molecule has 154 valence electrons. The van der Waals surface area contributed by atoms with Gasteiger partial charge in [0.1, 0.15) is 0 Å². The number of carbonyl (C=O) groups excluding carboxylic acids is 3. The lowest BCUT2D eigenvalue weighted by atomic mass is 10.1. The van der Waals surface area contributed by atoms with Gasteiger partial charge in [-0.05, 0) is 51.1 Å². The number of esters is 1. The molecule has 0 atom stereocenters. The Balaban J connectivity index is 1.93. The van der Waals surface area contributed by atoms with Crippen LogP contribution < -0.4 is 14.4 Å². The standard InChI is InChI=1S/C22H25NO6/c1-15(2)23(18-8-6-5-7-9-18)21(25)13-29-22(26)14-28-19-11-10-17(16(3)24)12-20(19)27-4/h5-12,15H,13-14H2,1-4H3. The molecule has 0 radical (unpaired) electrons. The van der Waals surface area contributed by atoms with E-state index in [1.54, 1.807) is 17.0 Å². The maximum Gasteiger partial charge on any atom is 0.344 e. The van der Waals surface area contributed by atoms with Crippen LogP contribution in [0.5, 0.6) is 11.5 Å². The first-order chi connectivity index (χ1) is 13.8. The molecular formula is C22H25NO6. The zero-order valence-corrected chi connectivity index (χ0v) is 17.0. The molecule has 7 heteroatoms. The van der Waals surface area contributed by atoms with Crippen LogP contribution in [0.3, 0.4) is 0 Å². The molecule has 0 aliphatic heterocycles. The van der Waals surface area contributed by atoms with Crippen molar-refractivity contribution in [2.45, 2.75) is 26.8 Å². The molecule has 0 aliphatic rings. The largest absolute Gasteiger partial charge is 0.493 e. The van der Waals surface area contributed by atoms with Crippen molar-refractivity contribution in [3.63, 3.8) is 0 Å². The van der Waals surface area contributed by atoms with Gasteiger partial charge >= 0.3 is 5.97 Å². The molecule has 0 fully saturated rings. The molecule has 0 aliphatic carbocycles. The second-order valence-corrected chi connectivity index (χ2v) is 6.56. The molecule has 0 spiro atoms. The Hall–Kier alpha value is -3.35. The van der Waals surface area contributed by atoms with Gasteiger partial charge in [0.05, 0.1) is 7.11 Å². The van der Waals surface area contributed by atoms with Crippen molar-refractivity contribution in [1.82, 2.24) is 0 Å². The first-order valence-electron chi connectivity index (χ1n) is 9.18. The third-order valence-corrected chi connectivity index (χ3v) is 4.09. The number of amides is 1. The topological polar surface area (TPSA) is 82.1 Å². The lowest BCUT2D eigenvalue weighted by Crippen LogP contribution is -2.40. The van der Waals surface area contributed by atoms with Gasteiger partial charge < -0.3 is 19.1 Å². The van der Waals surface area contributed by atoms with Crippen LogP contribution >= 0.6 is 0 Å². The van der Waals surface area contributed by atoms with E-state index in [1.807, 2.05) is 44.2 Å². The Labute approximate surface area is 170 Å². The molecule has 0 heterocycles. The molecule has 29 heavy (non-hydrogen) atoms. The molecule has 2 aromatic rings. The zero-order valence-electron chi connectivity index (χ0n) is 17.0. The van der Waals surface area contributed by atoms with Gasteiger partial charge in [-0.15, -0.1) is 0 Å². The average Bonchev–Trinajstić information content (AvgIpc) is 2.71. The molecule has 0 unspecified atom stereocenters. The predicted octanol–water partition coefficient (Wildman–Crippen LogP) is 3.26. The van der Waals surface area contributed by atoms with Crippen molar-refractivity contribution in [1.29, 1.82) is 0 Å². The molecule has 1 amide bonds. The normalized spacial score (nSPS) is 10.4. The fourth-order valence-corrected chi connectivity index (χ4v) is 2.71. The Kier molecular flexibility index (Phi) is 7.77. The number of ketones is 1. The van der Waals surface area contributed by atoms with E-state index in [0.29, 0.717) is 17.1 Å². The maximum absolute atomic E-state index is 12.5. The number of anilines is 1. The highest BCUT2D eigenvalue weighted by Crippen LogP contribution is 2.28. The van der Waals surface area contributed by atoms with Crippen LogP contribution in [0.4, 0.5) is 5.69 Å². The van der Waals surface area contributed by atoms with Gasteiger partial charge in [-0.25, -0.2) is 4.79 Å². The lowest BCUT2D eigenvalue weighted by molar-refractivity contribution is -0.149. The minimum absolute atomic E-state index is 0.0936. The van der Waals surface area contributed by atoms with Crippen molar-refractivity contribution in [3.05, 3.63) is 54.1 Å². The summed E-state index contributed by atoms with van der Waals surface area (Å²) in [6.45, 7) is 4.42. The minimum atomic E-state index is -0.687. The van der Waals surface area contributed by atoms with Gasteiger partial charge in [-0.2, -0.15) is 0 Å². The van der Waals surface area contributed by atoms with Crippen LogP contribution in [0.1, 0.15) is 31.1 Å². The molecule has 0 saturated carbocycles. The molecule has 0 saturated heterocycles. The fourth-order valence-electron chi connectivity index (χ4n) is 2.71. The van der Waals surface area contributed by atoms with Gasteiger partial charge in [0.15, 0.2) is 30.5 Å². The number of nitrogens with zero attached hydrogens (tertiary/aromatic N) is 1. The van der Waals surface area contributed by atoms with Gasteiger partial charge in [0.25, 0.3) is 5.91 Å². The van der Waals surface area contributed by atoms with E-state index >= 15 is 0 Å². The van der Waals surface area contributed by atoms with Crippen molar-refractivity contribution in [2.75, 3.05) is 25.2 Å². The first-order valence-corrected chi connectivity index (χ1v) is 9.18. The third-order valence-electron chi connectivity index (χ3n) is 4.09. The Morgan fingerprint density at radius 2 is 1.66 bits per heavy atom. The summed E-state index contributed by atoms with van der Waals surface area (Å²) in [6, 6.07) is 13.7. The number of rotatable bonds is 9. The molecule has 0 N–H and O–H groups in total. The average molecular weight is 399 g/mol. The SMILES string of the molecule is COc1cc(C(C)=O)ccc1OCC(=O)OCC(=O)N(c1ccccc1)C(C)C. The van der Waals surface area contributed by atoms with Crippen LogP contribution in [-0.2, 0) is 14.3 Å². The summed E-state index contributed by atoms with van der Waals surface area (Å²) in [4.78, 5) is 37.5. The second kappa shape index (κ2) is 10.3. The first kappa shape index (κ1) is 21.9. The molecule has 0 bridgehead atoms. The second-order valence-electron chi connectivity index (χ2n) is 6.56. The number of hydrogen-bond acceptors (Lipinski definition) is 6. The summed E-state index contributed by atoms with van der Waals surface area (Å²) >= 11 is 0. The van der Waals surface area contributed by atoms with Crippen LogP contribution in [-0.4, -0.2) is 44.0 Å². The van der Waals surface area contributed by atoms with Crippen LogP contribution in [0.25, 0.3) is 0 Å². The van der Waals surface area contributed by atoms with Crippen molar-refractivity contribution in [3.8, 4) is 11.5 Å². The number of para-hydroxylation sites is 1. The monoisotopic (exact) mass is 399 g/mol. The van der Waals surface area contributed by atoms with Gasteiger partial charge in [0, 0.05) is 17.3 Å². The fraction of sp³-hybridized carbons (Fsp3) is 0.318. The van der Waals surface area contributed by atoms with E-state index in [2.05, 4.69) is 0 Å². The smallest absolute Gasteiger partial charge is 0.344 e. The number of methoxy groups -OCH3 is 1. The van der Waals surface area contributed by atoms with E-state index < -0.39 is 19.2 Å². The summed E-state index contributed by atoms with van der Waals surface area (Å²) in [6.07, 6.45) is 0. The highest BCUT2D eigenvalue weighted by atomic mass is 16.6. The minimum Gasteiger partial charge on any atom is -0.493 e. The molecule has 0 aromatic heterocycles. The molecule has 2 rings (SSSR count). The molecule has 7 nitrogen and oxygen atoms in total. The lowest BCUT2D eigenvalue weighted by Gasteiger charge is -2.26. The highest BCUT2D eigenvalue weighted by molar-refractivity contribution is 5.96. The summed E-state index contributed by atoms with van der Waals surface area (Å²) in [5, 5.41) is 0. The quantitative estimate of drug-likeness (QED) is 0.475. The molecule has 2 aromatic carbocycles. The van der Waals surface area contributed by atoms with Crippen molar-refractivity contribution >= 4 is 23.3 Å².